The van der Waals surface area contributed by atoms with Gasteiger partial charge in [0, 0.05) is 17.8 Å². The maximum Gasteiger partial charge on any atom is 1.00 e. The Labute approximate surface area is 130 Å². The molecule has 0 bridgehead atoms. The first kappa shape index (κ1) is 15.6. The summed E-state index contributed by atoms with van der Waals surface area (Å²) in [6.07, 6.45) is 1.68. The van der Waals surface area contributed by atoms with Gasteiger partial charge in [-0.2, -0.15) is 0 Å². The van der Waals surface area contributed by atoms with E-state index in [-0.39, 0.29) is 56.8 Å². The number of halogens is 3. The molecule has 7 heteroatoms. The van der Waals surface area contributed by atoms with Crippen molar-refractivity contribution in [2.24, 2.45) is 0 Å². The summed E-state index contributed by atoms with van der Waals surface area (Å²) in [6.45, 7) is 0.560. The molecule has 0 aliphatic heterocycles. The minimum Gasteiger partial charge on any atom is -0.445 e. The molecule has 0 N–H and O–H groups in total. The molecule has 0 aliphatic rings. The van der Waals surface area contributed by atoms with Crippen molar-refractivity contribution >= 4 is 12.4 Å². The first-order chi connectivity index (χ1) is 6.21. The van der Waals surface area contributed by atoms with Gasteiger partial charge in [0.2, 0.25) is 0 Å². The molecule has 1 aromatic rings. The van der Waals surface area contributed by atoms with Gasteiger partial charge in [0.25, 0.3) is 0 Å². The van der Waals surface area contributed by atoms with Crippen LogP contribution >= 0.6 is 0 Å². The first-order valence-electron chi connectivity index (χ1n) is 4.23. The van der Waals surface area contributed by atoms with Crippen molar-refractivity contribution in [2.75, 3.05) is 0 Å². The summed E-state index contributed by atoms with van der Waals surface area (Å²) in [5.41, 5.74) is -1.07. The smallest absolute Gasteiger partial charge is 0.445 e. The van der Waals surface area contributed by atoms with Crippen molar-refractivity contribution in [3.8, 4) is 0 Å². The summed E-state index contributed by atoms with van der Waals surface area (Å²) in [6, 6.07) is 0. The van der Waals surface area contributed by atoms with E-state index >= 15 is 0 Å². The molecule has 0 fully saturated rings. The third kappa shape index (κ3) is 4.52. The quantitative estimate of drug-likeness (QED) is 0.580. The fourth-order valence-electron chi connectivity index (χ4n) is 0.894. The van der Waals surface area contributed by atoms with Gasteiger partial charge in [0.1, 0.15) is 5.82 Å². The second kappa shape index (κ2) is 5.27. The summed E-state index contributed by atoms with van der Waals surface area (Å²) < 4.78 is 36.6. The molecule has 78 valence electrons. The monoisotopic (exact) mass is 242 g/mol. The normalized spacial score (nSPS) is 12.1. The van der Waals surface area contributed by atoms with Crippen molar-refractivity contribution in [2.45, 2.75) is 26.2 Å². The van der Waals surface area contributed by atoms with Gasteiger partial charge < -0.3 is 12.9 Å². The van der Waals surface area contributed by atoms with Crippen molar-refractivity contribution < 1.29 is 64.3 Å². The predicted molar refractivity (Wildman–Crippen MR) is 49.4 cm³/mol. The summed E-state index contributed by atoms with van der Waals surface area (Å²) in [4.78, 5) is 7.40. The van der Waals surface area contributed by atoms with E-state index in [1.165, 1.54) is 0 Å². The van der Waals surface area contributed by atoms with Crippen LogP contribution in [0.3, 0.4) is 0 Å². The van der Waals surface area contributed by atoms with Crippen LogP contribution in [0.5, 0.6) is 0 Å². The number of rotatable bonds is 1. The van der Waals surface area contributed by atoms with E-state index < -0.39 is 12.4 Å². The van der Waals surface area contributed by atoms with Gasteiger partial charge in [-0.25, -0.2) is 9.97 Å². The zero-order valence-corrected chi connectivity index (χ0v) is 12.4. The molecule has 0 unspecified atom stereocenters. The Balaban J connectivity index is 0.00000196. The van der Waals surface area contributed by atoms with E-state index in [1.807, 2.05) is 20.8 Å². The van der Waals surface area contributed by atoms with Gasteiger partial charge in [0.15, 0.2) is 0 Å². The standard InChI is InChI=1S/C8H11BF3N2.K/c1-8(2,3)7-13-4-6(5-14-7)9(10,11)12;/h4-5H,1-3H3;/q-1;+1. The van der Waals surface area contributed by atoms with Crippen molar-refractivity contribution in [3.63, 3.8) is 0 Å². The van der Waals surface area contributed by atoms with Crippen molar-refractivity contribution in [3.05, 3.63) is 18.2 Å². The third-order valence-corrected chi connectivity index (χ3v) is 1.72. The van der Waals surface area contributed by atoms with Crippen LogP contribution in [0.15, 0.2) is 12.4 Å². The Morgan fingerprint density at radius 2 is 1.47 bits per heavy atom. The number of hydrogen-bond acceptors (Lipinski definition) is 2. The fourth-order valence-corrected chi connectivity index (χ4v) is 0.894. The van der Waals surface area contributed by atoms with E-state index in [0.29, 0.717) is 5.82 Å². The van der Waals surface area contributed by atoms with Gasteiger partial charge in [-0.3, -0.25) is 0 Å². The van der Waals surface area contributed by atoms with Crippen LogP contribution in [0.1, 0.15) is 26.6 Å². The zero-order valence-electron chi connectivity index (χ0n) is 9.26. The Morgan fingerprint density at radius 3 is 1.73 bits per heavy atom. The molecule has 0 amide bonds. The molecule has 1 aromatic heterocycles. The minimum absolute atomic E-state index is 0. The average molecular weight is 242 g/mol. The van der Waals surface area contributed by atoms with Crippen molar-refractivity contribution in [1.82, 2.24) is 9.97 Å². The molecule has 0 spiro atoms. The van der Waals surface area contributed by atoms with Crippen LogP contribution in [0.4, 0.5) is 12.9 Å². The number of nitrogens with zero attached hydrogens (tertiary/aromatic N) is 2. The molecule has 0 aliphatic carbocycles. The topological polar surface area (TPSA) is 25.8 Å². The molecule has 0 saturated heterocycles. The van der Waals surface area contributed by atoms with Crippen LogP contribution in [-0.4, -0.2) is 16.9 Å². The molecule has 0 radical (unpaired) electrons. The Hall–Kier alpha value is 0.571. The zero-order chi connectivity index (χ0) is 11.0. The van der Waals surface area contributed by atoms with E-state index in [1.54, 1.807) is 0 Å². The molecule has 2 nitrogen and oxygen atoms in total. The molecule has 0 aromatic carbocycles. The van der Waals surface area contributed by atoms with Gasteiger partial charge in [0.05, 0.1) is 0 Å². The molecule has 0 atom stereocenters. The fraction of sp³-hybridized carbons (Fsp3) is 0.500. The molecule has 15 heavy (non-hydrogen) atoms. The predicted octanol–water partition coefficient (Wildman–Crippen LogP) is -1.17. The van der Waals surface area contributed by atoms with Crippen LogP contribution in [-0.2, 0) is 5.41 Å². The van der Waals surface area contributed by atoms with Crippen LogP contribution in [0, 0.1) is 0 Å². The second-order valence-corrected chi connectivity index (χ2v) is 4.16. The van der Waals surface area contributed by atoms with E-state index in [9.17, 15) is 12.9 Å². The SMILES string of the molecule is CC(C)(C)c1ncc([B-](F)(F)F)cn1.[K+]. The third-order valence-electron chi connectivity index (χ3n) is 1.72. The van der Waals surface area contributed by atoms with E-state index in [4.69, 9.17) is 0 Å². The van der Waals surface area contributed by atoms with Crippen molar-refractivity contribution in [1.29, 1.82) is 0 Å². The first-order valence-corrected chi connectivity index (χ1v) is 4.23. The van der Waals surface area contributed by atoms with E-state index in [0.717, 1.165) is 12.4 Å². The summed E-state index contributed by atoms with van der Waals surface area (Å²) in [5.74, 6) is 0.418. The summed E-state index contributed by atoms with van der Waals surface area (Å²) >= 11 is 0. The summed E-state index contributed by atoms with van der Waals surface area (Å²) in [5, 5.41) is 0. The summed E-state index contributed by atoms with van der Waals surface area (Å²) in [7, 11) is 0. The Kier molecular flexibility index (Phi) is 5.47. The van der Waals surface area contributed by atoms with Gasteiger partial charge in [-0.05, 0) is 0 Å². The van der Waals surface area contributed by atoms with Crippen LogP contribution < -0.4 is 56.8 Å². The molecule has 0 saturated carbocycles. The van der Waals surface area contributed by atoms with Gasteiger partial charge >= 0.3 is 58.4 Å². The average Bonchev–Trinajstić information content (AvgIpc) is 2.01. The Morgan fingerprint density at radius 1 is 1.07 bits per heavy atom. The van der Waals surface area contributed by atoms with Crippen LogP contribution in [0.25, 0.3) is 0 Å². The largest absolute Gasteiger partial charge is 1.00 e. The maximum absolute atomic E-state index is 12.2. The maximum atomic E-state index is 12.2. The Bertz CT molecular complexity index is 285. The number of aromatic nitrogens is 2. The molecule has 1 heterocycles. The minimum atomic E-state index is -4.98. The second-order valence-electron chi connectivity index (χ2n) is 4.16. The molecular formula is C8H11BF3KN2. The molecule has 1 rings (SSSR count). The molecular weight excluding hydrogens is 231 g/mol. The van der Waals surface area contributed by atoms with Gasteiger partial charge in [-0.1, -0.05) is 26.2 Å². The number of hydrogen-bond donors (Lipinski definition) is 0. The van der Waals surface area contributed by atoms with Gasteiger partial charge in [-0.15, -0.1) is 0 Å². The van der Waals surface area contributed by atoms with E-state index in [2.05, 4.69) is 9.97 Å². The van der Waals surface area contributed by atoms with Crippen LogP contribution in [0.2, 0.25) is 0 Å².